The van der Waals surface area contributed by atoms with Gasteiger partial charge in [-0.05, 0) is 20.3 Å². The Bertz CT molecular complexity index is 525. The zero-order valence-corrected chi connectivity index (χ0v) is 10.7. The number of hydrogen-bond donors (Lipinski definition) is 1. The van der Waals surface area contributed by atoms with Crippen molar-refractivity contribution in [2.24, 2.45) is 0 Å². The molecule has 1 N–H and O–H groups in total. The summed E-state index contributed by atoms with van der Waals surface area (Å²) in [6, 6.07) is 0.438. The van der Waals surface area contributed by atoms with E-state index < -0.39 is 0 Å². The molecule has 18 heavy (non-hydrogen) atoms. The van der Waals surface area contributed by atoms with E-state index in [2.05, 4.69) is 20.6 Å². The maximum atomic E-state index is 5.16. The second kappa shape index (κ2) is 4.53. The highest BCUT2D eigenvalue weighted by Gasteiger charge is 2.20. The molecule has 0 saturated carbocycles. The molecule has 3 rings (SSSR count). The molecule has 1 aliphatic rings. The van der Waals surface area contributed by atoms with E-state index in [1.54, 1.807) is 6.33 Å². The zero-order chi connectivity index (χ0) is 12.5. The normalized spacial score (nSPS) is 18.9. The Morgan fingerprint density at radius 2 is 2.39 bits per heavy atom. The number of nitrogens with one attached hydrogen (secondary N) is 1. The maximum Gasteiger partial charge on any atom is 0.138 e. The molecular formula is C12H17N5O. The average Bonchev–Trinajstić information content (AvgIpc) is 2.94. The molecule has 0 spiro atoms. The van der Waals surface area contributed by atoms with Crippen LogP contribution in [0.4, 0.5) is 0 Å². The van der Waals surface area contributed by atoms with Gasteiger partial charge in [0.1, 0.15) is 17.9 Å². The highest BCUT2D eigenvalue weighted by atomic mass is 16.5. The lowest BCUT2D eigenvalue weighted by atomic mass is 10.1. The standard InChI is InChI=1S/C12H17N5O/c1-8-11(9(2)18-16-8)5-13-10-3-4-12-14-7-15-17(12)6-10/h7,10,13H,3-6H2,1-2H3/t10-/m0/s1. The van der Waals surface area contributed by atoms with Crippen LogP contribution in [0.5, 0.6) is 0 Å². The van der Waals surface area contributed by atoms with Gasteiger partial charge < -0.3 is 9.84 Å². The molecule has 1 aliphatic heterocycles. The molecule has 0 aliphatic carbocycles. The molecule has 2 aromatic rings. The van der Waals surface area contributed by atoms with E-state index in [0.29, 0.717) is 6.04 Å². The first-order valence-corrected chi connectivity index (χ1v) is 6.26. The molecule has 0 saturated heterocycles. The molecule has 0 fully saturated rings. The summed E-state index contributed by atoms with van der Waals surface area (Å²) in [6.07, 6.45) is 3.72. The fourth-order valence-corrected chi connectivity index (χ4v) is 2.40. The predicted molar refractivity (Wildman–Crippen MR) is 64.9 cm³/mol. The van der Waals surface area contributed by atoms with Gasteiger partial charge in [-0.1, -0.05) is 5.16 Å². The average molecular weight is 247 g/mol. The van der Waals surface area contributed by atoms with Gasteiger partial charge in [0.2, 0.25) is 0 Å². The van der Waals surface area contributed by atoms with Crippen molar-refractivity contribution in [3.8, 4) is 0 Å². The smallest absolute Gasteiger partial charge is 0.138 e. The van der Waals surface area contributed by atoms with Crippen LogP contribution in [0.25, 0.3) is 0 Å². The molecule has 0 radical (unpaired) electrons. The summed E-state index contributed by atoms with van der Waals surface area (Å²) in [5.41, 5.74) is 2.14. The lowest BCUT2D eigenvalue weighted by Crippen LogP contribution is -2.37. The van der Waals surface area contributed by atoms with Crippen LogP contribution < -0.4 is 5.32 Å². The van der Waals surface area contributed by atoms with Crippen molar-refractivity contribution in [1.82, 2.24) is 25.2 Å². The van der Waals surface area contributed by atoms with Crippen LogP contribution in [0.3, 0.4) is 0 Å². The van der Waals surface area contributed by atoms with Crippen molar-refractivity contribution in [3.05, 3.63) is 29.2 Å². The lowest BCUT2D eigenvalue weighted by molar-refractivity contribution is 0.356. The van der Waals surface area contributed by atoms with Crippen molar-refractivity contribution in [3.63, 3.8) is 0 Å². The maximum absolute atomic E-state index is 5.16. The van der Waals surface area contributed by atoms with Gasteiger partial charge in [0.15, 0.2) is 0 Å². The van der Waals surface area contributed by atoms with E-state index in [0.717, 1.165) is 43.2 Å². The van der Waals surface area contributed by atoms with Gasteiger partial charge in [0.25, 0.3) is 0 Å². The minimum atomic E-state index is 0.438. The fourth-order valence-electron chi connectivity index (χ4n) is 2.40. The Hall–Kier alpha value is -1.69. The molecule has 1 atom stereocenters. The number of hydrogen-bond acceptors (Lipinski definition) is 5. The second-order valence-electron chi connectivity index (χ2n) is 4.78. The third kappa shape index (κ3) is 2.03. The number of nitrogens with zero attached hydrogens (tertiary/aromatic N) is 4. The summed E-state index contributed by atoms with van der Waals surface area (Å²) in [7, 11) is 0. The highest BCUT2D eigenvalue weighted by molar-refractivity contribution is 5.20. The third-order valence-electron chi connectivity index (χ3n) is 3.55. The summed E-state index contributed by atoms with van der Waals surface area (Å²) < 4.78 is 7.14. The zero-order valence-electron chi connectivity index (χ0n) is 10.7. The number of fused-ring (bicyclic) bond motifs is 1. The van der Waals surface area contributed by atoms with Crippen molar-refractivity contribution in [2.45, 2.75) is 45.8 Å². The van der Waals surface area contributed by atoms with Gasteiger partial charge in [-0.15, -0.1) is 0 Å². The summed E-state index contributed by atoms with van der Waals surface area (Å²) in [6.45, 7) is 5.62. The van der Waals surface area contributed by atoms with Crippen LogP contribution >= 0.6 is 0 Å². The van der Waals surface area contributed by atoms with Crippen LogP contribution in [0.2, 0.25) is 0 Å². The molecular weight excluding hydrogens is 230 g/mol. The summed E-state index contributed by atoms with van der Waals surface area (Å²) in [5.74, 6) is 1.99. The second-order valence-corrected chi connectivity index (χ2v) is 4.78. The van der Waals surface area contributed by atoms with Gasteiger partial charge in [0.05, 0.1) is 12.2 Å². The number of aryl methyl sites for hydroxylation is 3. The molecule has 96 valence electrons. The van der Waals surface area contributed by atoms with Crippen molar-refractivity contribution < 1.29 is 4.52 Å². The van der Waals surface area contributed by atoms with Gasteiger partial charge in [-0.3, -0.25) is 0 Å². The minimum absolute atomic E-state index is 0.438. The Morgan fingerprint density at radius 1 is 1.50 bits per heavy atom. The van der Waals surface area contributed by atoms with Gasteiger partial charge in [-0.2, -0.15) is 5.10 Å². The third-order valence-corrected chi connectivity index (χ3v) is 3.55. The van der Waals surface area contributed by atoms with Crippen LogP contribution in [0, 0.1) is 13.8 Å². The Kier molecular flexibility index (Phi) is 2.87. The van der Waals surface area contributed by atoms with Crippen LogP contribution in [0.15, 0.2) is 10.9 Å². The van der Waals surface area contributed by atoms with Crippen molar-refractivity contribution in [2.75, 3.05) is 0 Å². The van der Waals surface area contributed by atoms with E-state index in [-0.39, 0.29) is 0 Å². The van der Waals surface area contributed by atoms with Crippen LogP contribution in [-0.2, 0) is 19.5 Å². The minimum Gasteiger partial charge on any atom is -0.361 e. The van der Waals surface area contributed by atoms with Crippen molar-refractivity contribution in [1.29, 1.82) is 0 Å². The van der Waals surface area contributed by atoms with Crippen molar-refractivity contribution >= 4 is 0 Å². The van der Waals surface area contributed by atoms with E-state index in [9.17, 15) is 0 Å². The number of rotatable bonds is 3. The van der Waals surface area contributed by atoms with Gasteiger partial charge in [0, 0.05) is 24.6 Å². The highest BCUT2D eigenvalue weighted by Crippen LogP contribution is 2.15. The Balaban J connectivity index is 1.62. The molecule has 3 heterocycles. The first-order valence-electron chi connectivity index (χ1n) is 6.26. The summed E-state index contributed by atoms with van der Waals surface area (Å²) in [5, 5.41) is 11.7. The molecule has 0 unspecified atom stereocenters. The molecule has 6 heteroatoms. The topological polar surface area (TPSA) is 68.8 Å². The molecule has 6 nitrogen and oxygen atoms in total. The quantitative estimate of drug-likeness (QED) is 0.876. The van der Waals surface area contributed by atoms with Gasteiger partial charge in [-0.25, -0.2) is 9.67 Å². The first kappa shape index (κ1) is 11.4. The Morgan fingerprint density at radius 3 is 3.17 bits per heavy atom. The summed E-state index contributed by atoms with van der Waals surface area (Å²) in [4.78, 5) is 4.23. The predicted octanol–water partition coefficient (Wildman–Crippen LogP) is 0.988. The monoisotopic (exact) mass is 247 g/mol. The SMILES string of the molecule is Cc1noc(C)c1CN[C@H]1CCc2ncnn2C1. The molecule has 2 aromatic heterocycles. The lowest BCUT2D eigenvalue weighted by Gasteiger charge is -2.23. The van der Waals surface area contributed by atoms with E-state index >= 15 is 0 Å². The number of aromatic nitrogens is 4. The van der Waals surface area contributed by atoms with Crippen LogP contribution in [-0.4, -0.2) is 26.0 Å². The Labute approximate surface area is 105 Å². The molecule has 0 amide bonds. The summed E-state index contributed by atoms with van der Waals surface area (Å²) >= 11 is 0. The first-order chi connectivity index (χ1) is 8.74. The van der Waals surface area contributed by atoms with E-state index in [4.69, 9.17) is 4.52 Å². The van der Waals surface area contributed by atoms with E-state index in [1.807, 2.05) is 18.5 Å². The largest absolute Gasteiger partial charge is 0.361 e. The van der Waals surface area contributed by atoms with Gasteiger partial charge >= 0.3 is 0 Å². The molecule has 0 bridgehead atoms. The fraction of sp³-hybridized carbons (Fsp3) is 0.583. The van der Waals surface area contributed by atoms with E-state index in [1.165, 1.54) is 5.56 Å². The van der Waals surface area contributed by atoms with Crippen LogP contribution in [0.1, 0.15) is 29.3 Å². The molecule has 0 aromatic carbocycles.